The highest BCUT2D eigenvalue weighted by Crippen LogP contribution is 2.11. The maximum Gasteiger partial charge on any atom is 0.141 e. The van der Waals surface area contributed by atoms with Crippen LogP contribution in [0.2, 0.25) is 0 Å². The van der Waals surface area contributed by atoms with E-state index in [0.29, 0.717) is 0 Å². The second kappa shape index (κ2) is 13.2. The van der Waals surface area contributed by atoms with E-state index in [4.69, 9.17) is 0 Å². The van der Waals surface area contributed by atoms with Gasteiger partial charge in [-0.25, -0.2) is 0 Å². The molecule has 19 heavy (non-hydrogen) atoms. The van der Waals surface area contributed by atoms with Gasteiger partial charge >= 0.3 is 0 Å². The largest absolute Gasteiger partial charge is 0.318 e. The first-order valence-electron chi connectivity index (χ1n) is 8.03. The lowest BCUT2D eigenvalue weighted by atomic mass is 10.1. The van der Waals surface area contributed by atoms with E-state index in [1.165, 1.54) is 70.8 Å². The average Bonchev–Trinajstić information content (AvgIpc) is 2.38. The van der Waals surface area contributed by atoms with E-state index in [-0.39, 0.29) is 0 Å². The molecule has 0 aliphatic rings. The molecule has 0 unspecified atom stereocenters. The number of halogens is 1. The Balaban J connectivity index is 3.28. The van der Waals surface area contributed by atoms with Crippen molar-refractivity contribution < 1.29 is 4.48 Å². The zero-order valence-electron chi connectivity index (χ0n) is 13.3. The lowest BCUT2D eigenvalue weighted by Crippen LogP contribution is -2.40. The van der Waals surface area contributed by atoms with Crippen molar-refractivity contribution in [3.05, 3.63) is 0 Å². The van der Waals surface area contributed by atoms with Crippen LogP contribution >= 0.6 is 22.6 Å². The van der Waals surface area contributed by atoms with Gasteiger partial charge < -0.3 is 4.48 Å². The molecule has 0 N–H and O–H groups in total. The van der Waals surface area contributed by atoms with E-state index >= 15 is 0 Å². The molecule has 0 aromatic heterocycles. The second-order valence-corrected chi connectivity index (χ2v) is 6.81. The van der Waals surface area contributed by atoms with Gasteiger partial charge in [-0.1, -0.05) is 58.3 Å². The molecule has 0 aromatic carbocycles. The minimum Gasteiger partial charge on any atom is -0.318 e. The van der Waals surface area contributed by atoms with E-state index in [9.17, 15) is 0 Å². The smallest absolute Gasteiger partial charge is 0.141 e. The molecular weight excluding hydrogens is 345 g/mol. The van der Waals surface area contributed by atoms with Gasteiger partial charge in [0.15, 0.2) is 0 Å². The summed E-state index contributed by atoms with van der Waals surface area (Å²) in [7, 11) is 4.57. The van der Waals surface area contributed by atoms with Gasteiger partial charge in [0.1, 0.15) is 6.54 Å². The number of hydrogen-bond acceptors (Lipinski definition) is 0. The Labute approximate surface area is 135 Å². The number of rotatable bonds is 12. The Morgan fingerprint density at radius 1 is 0.789 bits per heavy atom. The highest BCUT2D eigenvalue weighted by Gasteiger charge is 2.11. The van der Waals surface area contributed by atoms with Gasteiger partial charge in [0.2, 0.25) is 0 Å². The number of hydrogen-bond donors (Lipinski definition) is 0. The summed E-state index contributed by atoms with van der Waals surface area (Å²) in [6, 6.07) is 0. The van der Waals surface area contributed by atoms with E-state index in [1.807, 2.05) is 0 Å². The molecule has 0 heterocycles. The van der Waals surface area contributed by atoms with Crippen LogP contribution in [0.3, 0.4) is 0 Å². The van der Waals surface area contributed by atoms with Crippen LogP contribution < -0.4 is 0 Å². The third kappa shape index (κ3) is 14.5. The maximum atomic E-state index is 3.18. The topological polar surface area (TPSA) is 0 Å². The molecule has 112 valence electrons. The molecule has 0 spiro atoms. The zero-order chi connectivity index (χ0) is 14.4. The fourth-order valence-electron chi connectivity index (χ4n) is 2.35. The molecule has 0 rings (SSSR count). The Morgan fingerprint density at radius 2 is 1.26 bits per heavy atom. The molecule has 0 saturated carbocycles. The van der Waals surface area contributed by atoms with Gasteiger partial charge in [0, 0.05) is 22.6 Å². The summed E-state index contributed by atoms with van der Waals surface area (Å²) in [5.41, 5.74) is 0. The Morgan fingerprint density at radius 3 is 1.74 bits per heavy atom. The quantitative estimate of drug-likeness (QED) is 0.185. The summed E-state index contributed by atoms with van der Waals surface area (Å²) < 4.78 is 4.02. The van der Waals surface area contributed by atoms with Gasteiger partial charge in [-0.3, -0.25) is 0 Å². The van der Waals surface area contributed by atoms with Gasteiger partial charge in [-0.15, -0.1) is 0 Å². The molecule has 2 heteroatoms. The summed E-state index contributed by atoms with van der Waals surface area (Å²) in [5.74, 6) is 3.18. The average molecular weight is 378 g/mol. The predicted octanol–water partition coefficient (Wildman–Crippen LogP) is 5.38. The summed E-state index contributed by atoms with van der Waals surface area (Å²) >= 11 is 2.13. The molecule has 0 bridgehead atoms. The van der Waals surface area contributed by atoms with Crippen LogP contribution in [0.1, 0.15) is 71.1 Å². The standard InChI is InChI=1S/C17H33IN/c1-4-5-6-7-8-9-10-11-12-13-16-19(2,3)17-14-15-18/h4-13,16-17H2,1-3H3/q+1. The molecule has 0 amide bonds. The second-order valence-electron chi connectivity index (χ2n) is 6.27. The van der Waals surface area contributed by atoms with Gasteiger partial charge in [0.05, 0.1) is 20.6 Å². The third-order valence-corrected chi connectivity index (χ3v) is 4.07. The summed E-state index contributed by atoms with van der Waals surface area (Å²) in [5, 5.41) is 0. The van der Waals surface area contributed by atoms with Crippen molar-refractivity contribution in [1.29, 1.82) is 0 Å². The molecule has 0 saturated heterocycles. The van der Waals surface area contributed by atoms with Crippen LogP contribution in [0.15, 0.2) is 0 Å². The minimum absolute atomic E-state index is 0.986. The van der Waals surface area contributed by atoms with E-state index in [2.05, 4.69) is 53.5 Å². The molecule has 1 nitrogen and oxygen atoms in total. The fraction of sp³-hybridized carbons (Fsp3) is 0.882. The monoisotopic (exact) mass is 378 g/mol. The molecule has 0 aliphatic carbocycles. The highest BCUT2D eigenvalue weighted by molar-refractivity contribution is 14.1. The Hall–Kier alpha value is 0.250. The van der Waals surface area contributed by atoms with Crippen LogP contribution in [-0.4, -0.2) is 31.7 Å². The summed E-state index contributed by atoms with van der Waals surface area (Å²) in [6.07, 6.45) is 14.2. The first-order valence-corrected chi connectivity index (χ1v) is 9.11. The fourth-order valence-corrected chi connectivity index (χ4v) is 2.52. The lowest BCUT2D eigenvalue weighted by Gasteiger charge is -2.27. The molecular formula is C17H33IN+. The minimum atomic E-state index is 0.986. The van der Waals surface area contributed by atoms with Gasteiger partial charge in [-0.05, 0) is 22.7 Å². The third-order valence-electron chi connectivity index (χ3n) is 3.69. The normalized spacial score (nSPS) is 11.2. The van der Waals surface area contributed by atoms with Crippen LogP contribution in [0.5, 0.6) is 0 Å². The van der Waals surface area contributed by atoms with Crippen molar-refractivity contribution in [2.45, 2.75) is 71.1 Å². The van der Waals surface area contributed by atoms with Gasteiger partial charge in [-0.2, -0.15) is 0 Å². The van der Waals surface area contributed by atoms with Crippen molar-refractivity contribution >= 4 is 22.6 Å². The van der Waals surface area contributed by atoms with Crippen LogP contribution in [0, 0.1) is 9.85 Å². The summed E-state index contributed by atoms with van der Waals surface area (Å²) in [6.45, 7) is 4.54. The van der Waals surface area contributed by atoms with Crippen LogP contribution in [0.25, 0.3) is 0 Å². The van der Waals surface area contributed by atoms with E-state index in [0.717, 1.165) is 11.0 Å². The van der Waals surface area contributed by atoms with Crippen molar-refractivity contribution in [2.24, 2.45) is 0 Å². The number of nitrogens with zero attached hydrogens (tertiary/aromatic N) is 1. The zero-order valence-corrected chi connectivity index (χ0v) is 15.5. The molecule has 0 fully saturated rings. The number of unbranched alkanes of at least 4 members (excludes halogenated alkanes) is 9. The van der Waals surface area contributed by atoms with Crippen molar-refractivity contribution in [3.63, 3.8) is 0 Å². The Kier molecular flexibility index (Phi) is 13.4. The first kappa shape index (κ1) is 19.2. The van der Waals surface area contributed by atoms with Crippen LogP contribution in [0.4, 0.5) is 0 Å². The summed E-state index contributed by atoms with van der Waals surface area (Å²) in [4.78, 5) is 0. The Bertz CT molecular complexity index is 250. The predicted molar refractivity (Wildman–Crippen MR) is 95.5 cm³/mol. The molecule has 0 radical (unpaired) electrons. The van der Waals surface area contributed by atoms with Crippen molar-refractivity contribution in [1.82, 2.24) is 0 Å². The van der Waals surface area contributed by atoms with Crippen molar-refractivity contribution in [2.75, 3.05) is 27.2 Å². The van der Waals surface area contributed by atoms with E-state index < -0.39 is 0 Å². The highest BCUT2D eigenvalue weighted by atomic mass is 127. The maximum absolute atomic E-state index is 3.18. The van der Waals surface area contributed by atoms with Crippen molar-refractivity contribution in [3.8, 4) is 9.85 Å². The van der Waals surface area contributed by atoms with E-state index in [1.54, 1.807) is 0 Å². The molecule has 0 aromatic rings. The van der Waals surface area contributed by atoms with Gasteiger partial charge in [0.25, 0.3) is 0 Å². The molecule has 0 aliphatic heterocycles. The first-order chi connectivity index (χ1) is 9.12. The SMILES string of the molecule is CCCCCCCCCCCC[N+](C)(C)CC#CI. The number of quaternary nitrogens is 1. The molecule has 0 atom stereocenters. The van der Waals surface area contributed by atoms with Crippen LogP contribution in [-0.2, 0) is 0 Å². The lowest BCUT2D eigenvalue weighted by molar-refractivity contribution is -0.883.